The topological polar surface area (TPSA) is 96.7 Å². The summed E-state index contributed by atoms with van der Waals surface area (Å²) in [6.07, 6.45) is 1.75. The van der Waals surface area contributed by atoms with Gasteiger partial charge >= 0.3 is 5.63 Å². The first-order valence-electron chi connectivity index (χ1n) is 8.32. The van der Waals surface area contributed by atoms with E-state index in [0.29, 0.717) is 29.9 Å². The lowest BCUT2D eigenvalue weighted by molar-refractivity contribution is 0.102. The molecule has 0 atom stereocenters. The number of rotatable bonds is 4. The molecule has 1 aliphatic rings. The molecule has 0 radical (unpaired) electrons. The summed E-state index contributed by atoms with van der Waals surface area (Å²) in [7, 11) is -3.48. The van der Waals surface area contributed by atoms with Gasteiger partial charge in [0.2, 0.25) is 10.0 Å². The molecular formula is C18H20N2O5S. The second kappa shape index (κ2) is 7.05. The van der Waals surface area contributed by atoms with E-state index in [0.717, 1.165) is 12.8 Å². The van der Waals surface area contributed by atoms with Crippen molar-refractivity contribution in [1.29, 1.82) is 0 Å². The van der Waals surface area contributed by atoms with Crippen molar-refractivity contribution in [2.75, 3.05) is 18.4 Å². The van der Waals surface area contributed by atoms with E-state index in [1.165, 1.54) is 22.5 Å². The number of hydrogen-bond acceptors (Lipinski definition) is 5. The number of sulfonamides is 1. The van der Waals surface area contributed by atoms with E-state index in [1.54, 1.807) is 26.0 Å². The van der Waals surface area contributed by atoms with Crippen LogP contribution < -0.4 is 10.9 Å². The lowest BCUT2D eigenvalue weighted by Crippen LogP contribution is -2.27. The van der Waals surface area contributed by atoms with E-state index in [-0.39, 0.29) is 10.7 Å². The van der Waals surface area contributed by atoms with E-state index in [2.05, 4.69) is 5.32 Å². The molecule has 7 nitrogen and oxygen atoms in total. The quantitative estimate of drug-likeness (QED) is 0.883. The van der Waals surface area contributed by atoms with Gasteiger partial charge in [-0.25, -0.2) is 13.2 Å². The minimum absolute atomic E-state index is 0.204. The highest BCUT2D eigenvalue weighted by Gasteiger charge is 2.27. The lowest BCUT2D eigenvalue weighted by atomic mass is 10.1. The fraction of sp³-hybridized carbons (Fsp3) is 0.333. The Hall–Kier alpha value is -2.45. The van der Waals surface area contributed by atoms with Crippen molar-refractivity contribution in [1.82, 2.24) is 4.31 Å². The van der Waals surface area contributed by atoms with Gasteiger partial charge in [0.15, 0.2) is 0 Å². The Morgan fingerprint density at radius 1 is 1.12 bits per heavy atom. The maximum atomic E-state index is 12.5. The molecule has 0 bridgehead atoms. The van der Waals surface area contributed by atoms with Crippen molar-refractivity contribution in [2.45, 2.75) is 31.6 Å². The Bertz CT molecular complexity index is 961. The van der Waals surface area contributed by atoms with Crippen LogP contribution in [0.5, 0.6) is 0 Å². The molecular weight excluding hydrogens is 356 g/mol. The molecule has 1 saturated heterocycles. The maximum Gasteiger partial charge on any atom is 0.336 e. The summed E-state index contributed by atoms with van der Waals surface area (Å²) in [5, 5.41) is 2.70. The van der Waals surface area contributed by atoms with Crippen LogP contribution in [0.15, 0.2) is 44.4 Å². The molecule has 26 heavy (non-hydrogen) atoms. The number of nitrogens with one attached hydrogen (secondary N) is 1. The first-order valence-corrected chi connectivity index (χ1v) is 9.76. The first-order chi connectivity index (χ1) is 12.3. The SMILES string of the molecule is Cc1cc(=O)oc(C)c1C(=O)Nc1ccc(S(=O)(=O)N2CCCC2)cc1. The number of carbonyl (C=O) groups excluding carboxylic acids is 1. The van der Waals surface area contributed by atoms with Crippen molar-refractivity contribution in [3.05, 3.63) is 57.6 Å². The molecule has 0 saturated carbocycles. The smallest absolute Gasteiger partial charge is 0.336 e. The van der Waals surface area contributed by atoms with Gasteiger partial charge in [0.05, 0.1) is 10.5 Å². The Morgan fingerprint density at radius 3 is 2.31 bits per heavy atom. The molecule has 0 spiro atoms. The van der Waals surface area contributed by atoms with Gasteiger partial charge in [0, 0.05) is 24.8 Å². The van der Waals surface area contributed by atoms with Gasteiger partial charge in [-0.2, -0.15) is 4.31 Å². The molecule has 1 fully saturated rings. The number of benzene rings is 1. The zero-order valence-electron chi connectivity index (χ0n) is 14.6. The highest BCUT2D eigenvalue weighted by Crippen LogP contribution is 2.22. The van der Waals surface area contributed by atoms with Gasteiger partial charge in [-0.1, -0.05) is 0 Å². The minimum Gasteiger partial charge on any atom is -0.427 e. The molecule has 0 unspecified atom stereocenters. The molecule has 8 heteroatoms. The van der Waals surface area contributed by atoms with Gasteiger partial charge in [0.25, 0.3) is 5.91 Å². The third kappa shape index (κ3) is 3.56. The van der Waals surface area contributed by atoms with Gasteiger partial charge < -0.3 is 9.73 Å². The molecule has 1 aliphatic heterocycles. The molecule has 2 aromatic rings. The molecule has 1 aromatic carbocycles. The van der Waals surface area contributed by atoms with E-state index >= 15 is 0 Å². The summed E-state index contributed by atoms with van der Waals surface area (Å²) in [4.78, 5) is 24.0. The van der Waals surface area contributed by atoms with Crippen LogP contribution in [-0.2, 0) is 10.0 Å². The maximum absolute atomic E-state index is 12.5. The number of aryl methyl sites for hydroxylation is 2. The number of carbonyl (C=O) groups is 1. The molecule has 1 N–H and O–H groups in total. The van der Waals surface area contributed by atoms with Crippen LogP contribution in [0, 0.1) is 13.8 Å². The lowest BCUT2D eigenvalue weighted by Gasteiger charge is -2.16. The monoisotopic (exact) mass is 376 g/mol. The number of nitrogens with zero attached hydrogens (tertiary/aromatic N) is 1. The molecule has 138 valence electrons. The van der Waals surface area contributed by atoms with Gasteiger partial charge in [-0.3, -0.25) is 4.79 Å². The van der Waals surface area contributed by atoms with Crippen LogP contribution in [0.4, 0.5) is 5.69 Å². The van der Waals surface area contributed by atoms with Crippen LogP contribution in [0.1, 0.15) is 34.5 Å². The van der Waals surface area contributed by atoms with Crippen LogP contribution in [0.2, 0.25) is 0 Å². The second-order valence-corrected chi connectivity index (χ2v) is 8.21. The van der Waals surface area contributed by atoms with Crippen LogP contribution >= 0.6 is 0 Å². The average Bonchev–Trinajstić information content (AvgIpc) is 3.09. The Labute approximate surface area is 151 Å². The third-order valence-electron chi connectivity index (χ3n) is 4.38. The fourth-order valence-electron chi connectivity index (χ4n) is 3.08. The normalized spacial score (nSPS) is 15.2. The van der Waals surface area contributed by atoms with Gasteiger partial charge in [0.1, 0.15) is 5.76 Å². The fourth-order valence-corrected chi connectivity index (χ4v) is 4.60. The highest BCUT2D eigenvalue weighted by molar-refractivity contribution is 7.89. The van der Waals surface area contributed by atoms with Crippen molar-refractivity contribution >= 4 is 21.6 Å². The highest BCUT2D eigenvalue weighted by atomic mass is 32.2. The van der Waals surface area contributed by atoms with E-state index in [9.17, 15) is 18.0 Å². The second-order valence-electron chi connectivity index (χ2n) is 6.27. The number of amides is 1. The predicted octanol–water partition coefficient (Wildman–Crippen LogP) is 2.29. The average molecular weight is 376 g/mol. The summed E-state index contributed by atoms with van der Waals surface area (Å²) >= 11 is 0. The van der Waals surface area contributed by atoms with E-state index in [4.69, 9.17) is 4.42 Å². The zero-order chi connectivity index (χ0) is 18.9. The molecule has 2 heterocycles. The Balaban J connectivity index is 1.80. The third-order valence-corrected chi connectivity index (χ3v) is 6.29. The molecule has 0 aliphatic carbocycles. The largest absolute Gasteiger partial charge is 0.427 e. The van der Waals surface area contributed by atoms with Crippen molar-refractivity contribution in [3.8, 4) is 0 Å². The summed E-state index contributed by atoms with van der Waals surface area (Å²) < 4.78 is 31.5. The first kappa shape index (κ1) is 18.3. The Kier molecular flexibility index (Phi) is 4.97. The summed E-state index contributed by atoms with van der Waals surface area (Å²) in [5.74, 6) is -0.181. The summed E-state index contributed by atoms with van der Waals surface area (Å²) in [6, 6.07) is 7.31. The molecule has 3 rings (SSSR count). The predicted molar refractivity (Wildman–Crippen MR) is 96.8 cm³/mol. The summed E-state index contributed by atoms with van der Waals surface area (Å²) in [6.45, 7) is 4.29. The zero-order valence-corrected chi connectivity index (χ0v) is 15.4. The van der Waals surface area contributed by atoms with Gasteiger partial charge in [-0.05, 0) is 56.5 Å². The van der Waals surface area contributed by atoms with Crippen molar-refractivity contribution in [2.24, 2.45) is 0 Å². The van der Waals surface area contributed by atoms with Crippen LogP contribution in [0.25, 0.3) is 0 Å². The van der Waals surface area contributed by atoms with Crippen molar-refractivity contribution in [3.63, 3.8) is 0 Å². The van der Waals surface area contributed by atoms with Gasteiger partial charge in [-0.15, -0.1) is 0 Å². The standard InChI is InChI=1S/C18H20N2O5S/c1-12-11-16(21)25-13(2)17(12)18(22)19-14-5-7-15(8-6-14)26(23,24)20-9-3-4-10-20/h5-8,11H,3-4,9-10H2,1-2H3,(H,19,22). The number of hydrogen-bond donors (Lipinski definition) is 1. The van der Waals surface area contributed by atoms with Crippen LogP contribution in [0.3, 0.4) is 0 Å². The molecule has 1 amide bonds. The van der Waals surface area contributed by atoms with E-state index < -0.39 is 21.6 Å². The summed E-state index contributed by atoms with van der Waals surface area (Å²) in [5.41, 5.74) is 0.760. The van der Waals surface area contributed by atoms with Crippen molar-refractivity contribution < 1.29 is 17.6 Å². The minimum atomic E-state index is -3.48. The van der Waals surface area contributed by atoms with Crippen LogP contribution in [-0.4, -0.2) is 31.7 Å². The number of anilines is 1. The van der Waals surface area contributed by atoms with E-state index in [1.807, 2.05) is 0 Å². The Morgan fingerprint density at radius 2 is 1.73 bits per heavy atom. The molecule has 1 aromatic heterocycles.